The van der Waals surface area contributed by atoms with Gasteiger partial charge in [-0.1, -0.05) is 11.6 Å². The molecule has 11 heteroatoms. The van der Waals surface area contributed by atoms with Crippen LogP contribution in [0.1, 0.15) is 0 Å². The number of hydrogen-bond acceptors (Lipinski definition) is 5. The monoisotopic (exact) mass is 342 g/mol. The van der Waals surface area contributed by atoms with Crippen LogP contribution in [-0.4, -0.2) is 27.9 Å². The van der Waals surface area contributed by atoms with Crippen molar-refractivity contribution >= 4 is 35.1 Å². The van der Waals surface area contributed by atoms with Crippen LogP contribution in [-0.2, 0) is 11.3 Å². The minimum absolute atomic E-state index is 0.107. The van der Waals surface area contributed by atoms with Gasteiger partial charge < -0.3 is 9.88 Å². The second kappa shape index (κ2) is 6.69. The molecule has 1 amide bonds. The first-order valence-electron chi connectivity index (χ1n) is 5.67. The minimum atomic E-state index is -2.82. The second-order valence-corrected chi connectivity index (χ2v) is 5.70. The number of halogens is 4. The maximum atomic E-state index is 13.4. The Morgan fingerprint density at radius 1 is 1.57 bits per heavy atom. The molecule has 0 aromatic carbocycles. The summed E-state index contributed by atoms with van der Waals surface area (Å²) in [4.78, 5) is 22.7. The topological polar surface area (TPSA) is 75.2 Å². The standard InChI is InChI=1S/C10H10ClF3N4O2S/c11-10-16-7(17-21-10)8(19)15-4-1-5(12)9(20)18(2-4)3-6(13)14/h1-2,6-7,10,16-17H,3H2,(H,15,19). The lowest BCUT2D eigenvalue weighted by Crippen LogP contribution is -2.43. The number of aromatic nitrogens is 1. The average Bonchev–Trinajstić information content (AvgIpc) is 2.81. The summed E-state index contributed by atoms with van der Waals surface area (Å²) in [7, 11) is 0. The lowest BCUT2D eigenvalue weighted by Gasteiger charge is -2.13. The fourth-order valence-electron chi connectivity index (χ4n) is 1.62. The molecule has 2 atom stereocenters. The van der Waals surface area contributed by atoms with Crippen LogP contribution in [0.3, 0.4) is 0 Å². The van der Waals surface area contributed by atoms with Crippen LogP contribution in [0.15, 0.2) is 17.1 Å². The first kappa shape index (κ1) is 16.1. The number of alkyl halides is 3. The van der Waals surface area contributed by atoms with E-state index in [0.717, 1.165) is 24.2 Å². The Bertz CT molecular complexity index is 600. The highest BCUT2D eigenvalue weighted by Gasteiger charge is 2.28. The number of anilines is 1. The zero-order valence-corrected chi connectivity index (χ0v) is 11.9. The molecule has 1 aromatic rings. The smallest absolute Gasteiger partial charge is 0.286 e. The van der Waals surface area contributed by atoms with Crippen molar-refractivity contribution in [1.82, 2.24) is 14.6 Å². The van der Waals surface area contributed by atoms with Crippen molar-refractivity contribution in [3.05, 3.63) is 28.4 Å². The van der Waals surface area contributed by atoms with Gasteiger partial charge in [-0.25, -0.2) is 17.9 Å². The van der Waals surface area contributed by atoms with Gasteiger partial charge >= 0.3 is 0 Å². The lowest BCUT2D eigenvalue weighted by atomic mass is 10.3. The summed E-state index contributed by atoms with van der Waals surface area (Å²) >= 11 is 6.78. The molecule has 1 aliphatic heterocycles. The third kappa shape index (κ3) is 4.13. The normalized spacial score (nSPS) is 21.8. The molecule has 0 saturated carbocycles. The van der Waals surface area contributed by atoms with E-state index in [-0.39, 0.29) is 5.69 Å². The summed E-state index contributed by atoms with van der Waals surface area (Å²) in [6.45, 7) is -0.959. The summed E-state index contributed by atoms with van der Waals surface area (Å²) in [5, 5.41) is 4.98. The van der Waals surface area contributed by atoms with Gasteiger partial charge in [-0.15, -0.1) is 0 Å². The summed E-state index contributed by atoms with van der Waals surface area (Å²) in [6.07, 6.45) is -2.69. The molecule has 0 bridgehead atoms. The van der Waals surface area contributed by atoms with Gasteiger partial charge in [-0.2, -0.15) is 0 Å². The van der Waals surface area contributed by atoms with Gasteiger partial charge in [0.15, 0.2) is 5.82 Å². The van der Waals surface area contributed by atoms with Gasteiger partial charge in [0.2, 0.25) is 0 Å². The number of carbonyl (C=O) groups excluding carboxylic acids is 1. The van der Waals surface area contributed by atoms with Gasteiger partial charge in [0, 0.05) is 12.3 Å². The van der Waals surface area contributed by atoms with Crippen LogP contribution in [0.4, 0.5) is 18.9 Å². The quantitative estimate of drug-likeness (QED) is 0.430. The molecule has 0 aliphatic carbocycles. The Balaban J connectivity index is 2.14. The van der Waals surface area contributed by atoms with Crippen LogP contribution in [0, 0.1) is 5.82 Å². The zero-order chi connectivity index (χ0) is 15.6. The lowest BCUT2D eigenvalue weighted by molar-refractivity contribution is -0.118. The Labute approximate surface area is 126 Å². The van der Waals surface area contributed by atoms with E-state index in [4.69, 9.17) is 11.6 Å². The van der Waals surface area contributed by atoms with Crippen molar-refractivity contribution in [3.63, 3.8) is 0 Å². The van der Waals surface area contributed by atoms with Crippen LogP contribution >= 0.6 is 23.5 Å². The van der Waals surface area contributed by atoms with Crippen molar-refractivity contribution in [2.24, 2.45) is 0 Å². The summed E-state index contributed by atoms with van der Waals surface area (Å²) in [5.41, 5.74) is -1.29. The maximum Gasteiger partial charge on any atom is 0.286 e. The number of nitrogens with one attached hydrogen (secondary N) is 3. The first-order chi connectivity index (χ1) is 9.86. The molecule has 6 nitrogen and oxygen atoms in total. The number of nitrogens with zero attached hydrogens (tertiary/aromatic N) is 1. The van der Waals surface area contributed by atoms with E-state index in [1.807, 2.05) is 0 Å². The molecule has 21 heavy (non-hydrogen) atoms. The Morgan fingerprint density at radius 3 is 2.86 bits per heavy atom. The minimum Gasteiger partial charge on any atom is -0.322 e. The van der Waals surface area contributed by atoms with Gasteiger partial charge in [0.1, 0.15) is 11.0 Å². The van der Waals surface area contributed by atoms with Crippen molar-refractivity contribution in [2.45, 2.75) is 24.0 Å². The number of amides is 1. The fourth-order valence-corrected chi connectivity index (χ4v) is 2.54. The van der Waals surface area contributed by atoms with E-state index in [0.29, 0.717) is 4.57 Å². The SMILES string of the molecule is O=C(Nc1cc(F)c(=O)n(CC(F)F)c1)C1NSC(Cl)N1. The summed E-state index contributed by atoms with van der Waals surface area (Å²) < 4.78 is 41.2. The Morgan fingerprint density at radius 2 is 2.29 bits per heavy atom. The molecule has 2 heterocycles. The van der Waals surface area contributed by atoms with Crippen LogP contribution < -0.4 is 20.9 Å². The molecule has 0 radical (unpaired) electrons. The van der Waals surface area contributed by atoms with E-state index >= 15 is 0 Å². The van der Waals surface area contributed by atoms with Crippen molar-refractivity contribution < 1.29 is 18.0 Å². The van der Waals surface area contributed by atoms with Crippen LogP contribution in [0.2, 0.25) is 0 Å². The number of rotatable bonds is 4. The largest absolute Gasteiger partial charge is 0.322 e. The molecular formula is C10H10ClF3N4O2S. The third-order valence-corrected chi connectivity index (χ3v) is 3.60. The zero-order valence-electron chi connectivity index (χ0n) is 10.3. The second-order valence-electron chi connectivity index (χ2n) is 4.07. The highest BCUT2D eigenvalue weighted by Crippen LogP contribution is 2.17. The highest BCUT2D eigenvalue weighted by molar-refractivity contribution is 7.99. The summed E-state index contributed by atoms with van der Waals surface area (Å²) in [6, 6.07) is 0.766. The van der Waals surface area contributed by atoms with Crippen LogP contribution in [0.5, 0.6) is 0 Å². The van der Waals surface area contributed by atoms with Gasteiger partial charge in [0.25, 0.3) is 17.9 Å². The molecule has 2 rings (SSSR count). The Kier molecular flexibility index (Phi) is 5.14. The van der Waals surface area contributed by atoms with E-state index in [1.54, 1.807) is 0 Å². The van der Waals surface area contributed by atoms with E-state index in [2.05, 4.69) is 15.4 Å². The molecule has 1 aromatic heterocycles. The first-order valence-corrected chi connectivity index (χ1v) is 6.98. The predicted molar refractivity (Wildman–Crippen MR) is 72.6 cm³/mol. The number of hydrogen-bond donors (Lipinski definition) is 3. The van der Waals surface area contributed by atoms with E-state index < -0.39 is 41.3 Å². The molecular weight excluding hydrogens is 333 g/mol. The molecule has 1 fully saturated rings. The van der Waals surface area contributed by atoms with Crippen LogP contribution in [0.25, 0.3) is 0 Å². The predicted octanol–water partition coefficient (Wildman–Crippen LogP) is 0.881. The molecule has 3 N–H and O–H groups in total. The fraction of sp³-hybridized carbons (Fsp3) is 0.400. The maximum absolute atomic E-state index is 13.4. The van der Waals surface area contributed by atoms with Gasteiger partial charge in [-0.3, -0.25) is 14.9 Å². The third-order valence-electron chi connectivity index (χ3n) is 2.49. The molecule has 2 unspecified atom stereocenters. The number of pyridine rings is 1. The van der Waals surface area contributed by atoms with Crippen molar-refractivity contribution in [2.75, 3.05) is 5.32 Å². The van der Waals surface area contributed by atoms with Crippen molar-refractivity contribution in [1.29, 1.82) is 0 Å². The average molecular weight is 343 g/mol. The Hall–Kier alpha value is -1.23. The molecule has 1 saturated heterocycles. The molecule has 0 spiro atoms. The molecule has 1 aliphatic rings. The van der Waals surface area contributed by atoms with Crippen molar-refractivity contribution in [3.8, 4) is 0 Å². The summed E-state index contributed by atoms with van der Waals surface area (Å²) in [5.74, 6) is -1.82. The van der Waals surface area contributed by atoms with Gasteiger partial charge in [0.05, 0.1) is 12.2 Å². The highest BCUT2D eigenvalue weighted by atomic mass is 35.5. The van der Waals surface area contributed by atoms with Gasteiger partial charge in [-0.05, 0) is 11.9 Å². The van der Waals surface area contributed by atoms with E-state index in [1.165, 1.54) is 0 Å². The molecule has 116 valence electrons. The number of carbonyl (C=O) groups is 1. The van der Waals surface area contributed by atoms with E-state index in [9.17, 15) is 22.8 Å².